The van der Waals surface area contributed by atoms with Crippen molar-refractivity contribution in [2.24, 2.45) is 5.92 Å². The van der Waals surface area contributed by atoms with Crippen molar-refractivity contribution in [1.82, 2.24) is 9.88 Å². The predicted molar refractivity (Wildman–Crippen MR) is 99.4 cm³/mol. The number of nitrogens with zero attached hydrogens (tertiary/aromatic N) is 2. The fourth-order valence-corrected chi connectivity index (χ4v) is 4.73. The van der Waals surface area contributed by atoms with Gasteiger partial charge in [-0.15, -0.1) is 11.3 Å². The molecule has 1 aliphatic heterocycles. The first-order valence-corrected chi connectivity index (χ1v) is 10.0. The lowest BCUT2D eigenvalue weighted by Gasteiger charge is -2.31. The first-order chi connectivity index (χ1) is 12.0. The minimum atomic E-state index is -0.260. The van der Waals surface area contributed by atoms with Crippen LogP contribution in [-0.2, 0) is 9.53 Å². The second-order valence-corrected chi connectivity index (χ2v) is 8.47. The summed E-state index contributed by atoms with van der Waals surface area (Å²) in [6.07, 6.45) is 0. The standard InChI is InChI=1S/C18H21FN2O2S2/c1-12(2)16(17(22)21-7-9-23-10-8-21)25-18-20-15(11-24-18)13-3-5-14(19)6-4-13/h3-6,11-12,16H,7-10H2,1-2H3. The smallest absolute Gasteiger partial charge is 0.236 e. The largest absolute Gasteiger partial charge is 0.378 e. The zero-order valence-corrected chi connectivity index (χ0v) is 15.9. The summed E-state index contributed by atoms with van der Waals surface area (Å²) in [6, 6.07) is 6.30. The molecular weight excluding hydrogens is 359 g/mol. The number of rotatable bonds is 5. The van der Waals surface area contributed by atoms with Crippen LogP contribution in [-0.4, -0.2) is 47.3 Å². The van der Waals surface area contributed by atoms with Crippen LogP contribution in [0.2, 0.25) is 0 Å². The third kappa shape index (κ3) is 4.59. The van der Waals surface area contributed by atoms with Gasteiger partial charge in [0, 0.05) is 24.0 Å². The molecule has 4 nitrogen and oxygen atoms in total. The van der Waals surface area contributed by atoms with Crippen molar-refractivity contribution in [2.45, 2.75) is 23.4 Å². The average Bonchev–Trinajstić information content (AvgIpc) is 3.09. The third-order valence-corrected chi connectivity index (χ3v) is 6.53. The van der Waals surface area contributed by atoms with E-state index < -0.39 is 0 Å². The lowest BCUT2D eigenvalue weighted by molar-refractivity contribution is -0.135. The van der Waals surface area contributed by atoms with Gasteiger partial charge in [-0.25, -0.2) is 9.37 Å². The highest BCUT2D eigenvalue weighted by Crippen LogP contribution is 2.34. The summed E-state index contributed by atoms with van der Waals surface area (Å²) in [7, 11) is 0. The van der Waals surface area contributed by atoms with Crippen LogP contribution >= 0.6 is 23.1 Å². The quantitative estimate of drug-likeness (QED) is 0.737. The Morgan fingerprint density at radius 2 is 1.96 bits per heavy atom. The van der Waals surface area contributed by atoms with E-state index in [4.69, 9.17) is 4.74 Å². The van der Waals surface area contributed by atoms with E-state index in [0.717, 1.165) is 15.6 Å². The maximum Gasteiger partial charge on any atom is 0.236 e. The van der Waals surface area contributed by atoms with Gasteiger partial charge in [-0.2, -0.15) is 0 Å². The molecule has 1 fully saturated rings. The number of amides is 1. The van der Waals surface area contributed by atoms with E-state index in [0.29, 0.717) is 26.3 Å². The minimum Gasteiger partial charge on any atom is -0.378 e. The number of hydrogen-bond acceptors (Lipinski definition) is 5. The molecule has 2 heterocycles. The van der Waals surface area contributed by atoms with Crippen molar-refractivity contribution in [3.63, 3.8) is 0 Å². The monoisotopic (exact) mass is 380 g/mol. The Bertz CT molecular complexity index is 712. The molecule has 1 aromatic heterocycles. The van der Waals surface area contributed by atoms with Gasteiger partial charge in [0.1, 0.15) is 5.82 Å². The average molecular weight is 381 g/mol. The van der Waals surface area contributed by atoms with Crippen LogP contribution in [0.1, 0.15) is 13.8 Å². The molecule has 0 N–H and O–H groups in total. The lowest BCUT2D eigenvalue weighted by atomic mass is 10.1. The van der Waals surface area contributed by atoms with Crippen LogP contribution in [0.5, 0.6) is 0 Å². The van der Waals surface area contributed by atoms with Gasteiger partial charge < -0.3 is 9.64 Å². The Kier molecular flexibility index (Phi) is 6.09. The summed E-state index contributed by atoms with van der Waals surface area (Å²) < 4.78 is 19.3. The lowest BCUT2D eigenvalue weighted by Crippen LogP contribution is -2.46. The number of ether oxygens (including phenoxy) is 1. The van der Waals surface area contributed by atoms with Crippen LogP contribution in [0.25, 0.3) is 11.3 Å². The maximum absolute atomic E-state index is 13.1. The Labute approximate surface area is 155 Å². The fraction of sp³-hybridized carbons (Fsp3) is 0.444. The van der Waals surface area contributed by atoms with Gasteiger partial charge in [0.25, 0.3) is 0 Å². The van der Waals surface area contributed by atoms with E-state index in [1.165, 1.54) is 35.2 Å². The van der Waals surface area contributed by atoms with Crippen molar-refractivity contribution in [3.8, 4) is 11.3 Å². The molecule has 0 saturated carbocycles. The highest BCUT2D eigenvalue weighted by atomic mass is 32.2. The Morgan fingerprint density at radius 1 is 1.28 bits per heavy atom. The second kappa shape index (κ2) is 8.29. The molecule has 1 aromatic carbocycles. The Morgan fingerprint density at radius 3 is 2.60 bits per heavy atom. The van der Waals surface area contributed by atoms with E-state index >= 15 is 0 Å². The predicted octanol–water partition coefficient (Wildman–Crippen LogP) is 3.92. The zero-order valence-electron chi connectivity index (χ0n) is 14.3. The van der Waals surface area contributed by atoms with Crippen molar-refractivity contribution in [2.75, 3.05) is 26.3 Å². The summed E-state index contributed by atoms with van der Waals surface area (Å²) in [5.74, 6) is 0.102. The van der Waals surface area contributed by atoms with E-state index in [1.54, 1.807) is 12.1 Å². The second-order valence-electron chi connectivity index (χ2n) is 6.23. The number of benzene rings is 1. The number of aromatic nitrogens is 1. The summed E-state index contributed by atoms with van der Waals surface area (Å²) in [5.41, 5.74) is 1.69. The highest BCUT2D eigenvalue weighted by Gasteiger charge is 2.30. The minimum absolute atomic E-state index is 0.154. The molecule has 2 aromatic rings. The number of hydrogen-bond donors (Lipinski definition) is 0. The van der Waals surface area contributed by atoms with E-state index in [2.05, 4.69) is 18.8 Å². The number of carbonyl (C=O) groups excluding carboxylic acids is 1. The van der Waals surface area contributed by atoms with Crippen molar-refractivity contribution < 1.29 is 13.9 Å². The van der Waals surface area contributed by atoms with Gasteiger partial charge in [-0.3, -0.25) is 4.79 Å². The van der Waals surface area contributed by atoms with E-state index in [9.17, 15) is 9.18 Å². The molecule has 1 atom stereocenters. The molecule has 3 rings (SSSR count). The van der Waals surface area contributed by atoms with E-state index in [-0.39, 0.29) is 22.9 Å². The van der Waals surface area contributed by atoms with Crippen molar-refractivity contribution in [3.05, 3.63) is 35.5 Å². The molecule has 1 saturated heterocycles. The van der Waals surface area contributed by atoms with Gasteiger partial charge in [-0.1, -0.05) is 25.6 Å². The third-order valence-electron chi connectivity index (χ3n) is 4.02. The number of halogens is 1. The van der Waals surface area contributed by atoms with Gasteiger partial charge in [0.2, 0.25) is 5.91 Å². The summed E-state index contributed by atoms with van der Waals surface area (Å²) in [4.78, 5) is 19.4. The first kappa shape index (κ1) is 18.4. The number of thioether (sulfide) groups is 1. The normalized spacial score (nSPS) is 16.2. The zero-order chi connectivity index (χ0) is 17.8. The van der Waals surface area contributed by atoms with Crippen LogP contribution in [0.3, 0.4) is 0 Å². The molecule has 1 amide bonds. The topological polar surface area (TPSA) is 42.4 Å². The van der Waals surface area contributed by atoms with Crippen LogP contribution < -0.4 is 0 Å². The number of morpholine rings is 1. The number of carbonyl (C=O) groups is 1. The molecule has 0 aliphatic carbocycles. The highest BCUT2D eigenvalue weighted by molar-refractivity contribution is 8.02. The summed E-state index contributed by atoms with van der Waals surface area (Å²) >= 11 is 3.04. The molecule has 25 heavy (non-hydrogen) atoms. The molecule has 134 valence electrons. The van der Waals surface area contributed by atoms with Crippen molar-refractivity contribution >= 4 is 29.0 Å². The SMILES string of the molecule is CC(C)C(Sc1nc(-c2ccc(F)cc2)cs1)C(=O)N1CCOCC1. The Balaban J connectivity index is 1.72. The van der Waals surface area contributed by atoms with Crippen LogP contribution in [0.4, 0.5) is 4.39 Å². The Hall–Kier alpha value is -1.44. The van der Waals surface area contributed by atoms with Crippen LogP contribution in [0.15, 0.2) is 34.0 Å². The molecule has 1 aliphatic rings. The summed E-state index contributed by atoms with van der Waals surface area (Å²) in [5, 5.41) is 1.79. The van der Waals surface area contributed by atoms with Gasteiger partial charge in [-0.05, 0) is 30.2 Å². The first-order valence-electron chi connectivity index (χ1n) is 8.29. The molecule has 1 unspecified atom stereocenters. The molecular formula is C18H21FN2O2S2. The van der Waals surface area contributed by atoms with Crippen molar-refractivity contribution in [1.29, 1.82) is 0 Å². The van der Waals surface area contributed by atoms with E-state index in [1.807, 2.05) is 10.3 Å². The number of thiazole rings is 1. The molecule has 0 spiro atoms. The van der Waals surface area contributed by atoms with Gasteiger partial charge in [0.05, 0.1) is 24.2 Å². The summed E-state index contributed by atoms with van der Waals surface area (Å²) in [6.45, 7) is 6.64. The molecule has 7 heteroatoms. The fourth-order valence-electron chi connectivity index (χ4n) is 2.61. The molecule has 0 radical (unpaired) electrons. The van der Waals surface area contributed by atoms with Crippen LogP contribution in [0, 0.1) is 11.7 Å². The molecule has 0 bridgehead atoms. The maximum atomic E-state index is 13.1. The van der Waals surface area contributed by atoms with Gasteiger partial charge in [0.15, 0.2) is 4.34 Å². The van der Waals surface area contributed by atoms with Gasteiger partial charge >= 0.3 is 0 Å².